The molecule has 5 rings (SSSR count). The zero-order valence-corrected chi connectivity index (χ0v) is 8.37. The van der Waals surface area contributed by atoms with Crippen LogP contribution in [0.3, 0.4) is 0 Å². The second kappa shape index (κ2) is 1.51. The lowest BCUT2D eigenvalue weighted by molar-refractivity contribution is -0.114. The van der Waals surface area contributed by atoms with E-state index in [2.05, 4.69) is 6.92 Å². The average Bonchev–Trinajstić information content (AvgIpc) is 2.52. The first kappa shape index (κ1) is 6.48. The van der Waals surface area contributed by atoms with Crippen LogP contribution in [0, 0.1) is 46.8 Å². The van der Waals surface area contributed by atoms with E-state index in [-0.39, 0.29) is 0 Å². The molecule has 70 valence electrons. The van der Waals surface area contributed by atoms with E-state index in [1.165, 1.54) is 35.5 Å². The van der Waals surface area contributed by atoms with Gasteiger partial charge in [-0.3, -0.25) is 0 Å². The predicted molar refractivity (Wildman–Crippen MR) is 51.0 cm³/mol. The summed E-state index contributed by atoms with van der Waals surface area (Å²) in [5, 5.41) is 0. The van der Waals surface area contributed by atoms with Crippen molar-refractivity contribution in [1.29, 1.82) is 0 Å². The molecule has 0 saturated heterocycles. The minimum atomic E-state index is 0.991. The van der Waals surface area contributed by atoms with Crippen LogP contribution >= 0.6 is 0 Å². The van der Waals surface area contributed by atoms with Gasteiger partial charge in [-0.05, 0) is 66.1 Å². The van der Waals surface area contributed by atoms with Gasteiger partial charge in [0, 0.05) is 0 Å². The van der Waals surface area contributed by atoms with Crippen molar-refractivity contribution in [3.63, 3.8) is 0 Å². The van der Waals surface area contributed by atoms with E-state index in [1.54, 1.807) is 25.7 Å². The molecule has 0 aromatic rings. The summed E-state index contributed by atoms with van der Waals surface area (Å²) >= 11 is 0. The summed E-state index contributed by atoms with van der Waals surface area (Å²) in [4.78, 5) is 0. The van der Waals surface area contributed by atoms with Crippen LogP contribution in [0.25, 0.3) is 0 Å². The van der Waals surface area contributed by atoms with Gasteiger partial charge in [0.05, 0.1) is 0 Å². The van der Waals surface area contributed by atoms with Crippen molar-refractivity contribution < 1.29 is 0 Å². The summed E-state index contributed by atoms with van der Waals surface area (Å²) in [7, 11) is 0. The minimum Gasteiger partial charge on any atom is -0.0622 e. The lowest BCUT2D eigenvalue weighted by Gasteiger charge is -2.59. The smallest absolute Gasteiger partial charge is 0.0199 e. The number of fused-ring (bicyclic) bond motifs is 3. The maximum absolute atomic E-state index is 2.53. The molecule has 0 spiro atoms. The van der Waals surface area contributed by atoms with Crippen molar-refractivity contribution >= 4 is 0 Å². The fraction of sp³-hybridized carbons (Fsp3) is 1.00. The Bertz CT molecular complexity index is 307. The zero-order chi connectivity index (χ0) is 8.37. The normalized spacial score (nSPS) is 80.5. The summed E-state index contributed by atoms with van der Waals surface area (Å²) < 4.78 is 0. The van der Waals surface area contributed by atoms with Crippen molar-refractivity contribution in [3.05, 3.63) is 0 Å². The second-order valence-corrected chi connectivity index (χ2v) is 6.75. The number of hydrogen-bond acceptors (Lipinski definition) is 0. The topological polar surface area (TPSA) is 0 Å². The standard InChI is InChI=1S/C13H18/c1-6-2-3-9-11(6)8-5-13(9)10-4-7(10)12(8)13/h6-12H,2-5H2,1H3/t6-,7?,8?,9-,10+,11?,12?,13-/m0/s1. The molecular weight excluding hydrogens is 156 g/mol. The molecule has 5 saturated carbocycles. The maximum Gasteiger partial charge on any atom is -0.0199 e. The van der Waals surface area contributed by atoms with E-state index in [1.807, 2.05) is 0 Å². The fourth-order valence-electron chi connectivity index (χ4n) is 6.76. The molecule has 0 aliphatic heterocycles. The van der Waals surface area contributed by atoms with Crippen molar-refractivity contribution in [2.24, 2.45) is 46.8 Å². The molecular formula is C13H18. The molecule has 0 heterocycles. The van der Waals surface area contributed by atoms with E-state index >= 15 is 0 Å². The van der Waals surface area contributed by atoms with Crippen LogP contribution < -0.4 is 0 Å². The van der Waals surface area contributed by atoms with E-state index in [0.717, 1.165) is 11.3 Å². The van der Waals surface area contributed by atoms with Gasteiger partial charge >= 0.3 is 0 Å². The van der Waals surface area contributed by atoms with E-state index in [0.29, 0.717) is 0 Å². The number of rotatable bonds is 0. The van der Waals surface area contributed by atoms with Crippen LogP contribution in [0.4, 0.5) is 0 Å². The summed E-state index contributed by atoms with van der Waals surface area (Å²) in [6.45, 7) is 2.53. The van der Waals surface area contributed by atoms with Gasteiger partial charge in [-0.25, -0.2) is 0 Å². The van der Waals surface area contributed by atoms with Crippen molar-refractivity contribution in [2.45, 2.75) is 32.6 Å². The first-order valence-corrected chi connectivity index (χ1v) is 6.34. The van der Waals surface area contributed by atoms with Crippen LogP contribution in [0.1, 0.15) is 32.6 Å². The second-order valence-electron chi connectivity index (χ2n) is 6.75. The molecule has 5 aliphatic rings. The first-order valence-electron chi connectivity index (χ1n) is 6.34. The molecule has 8 atom stereocenters. The van der Waals surface area contributed by atoms with E-state index in [4.69, 9.17) is 0 Å². The Morgan fingerprint density at radius 3 is 2.92 bits per heavy atom. The Balaban J connectivity index is 1.67. The molecule has 0 N–H and O–H groups in total. The molecule has 0 heteroatoms. The quantitative estimate of drug-likeness (QED) is 0.529. The number of hydrogen-bond donors (Lipinski definition) is 0. The third kappa shape index (κ3) is 0.412. The molecule has 2 bridgehead atoms. The highest BCUT2D eigenvalue weighted by Crippen LogP contribution is 2.92. The Hall–Kier alpha value is 0. The van der Waals surface area contributed by atoms with Crippen LogP contribution in [-0.4, -0.2) is 0 Å². The van der Waals surface area contributed by atoms with Gasteiger partial charge < -0.3 is 0 Å². The third-order valence-electron chi connectivity index (χ3n) is 6.90. The van der Waals surface area contributed by atoms with Crippen molar-refractivity contribution in [1.82, 2.24) is 0 Å². The highest BCUT2D eigenvalue weighted by Gasteiger charge is 2.86. The molecule has 5 aliphatic carbocycles. The highest BCUT2D eigenvalue weighted by atomic mass is 14.9. The Labute approximate surface area is 80.1 Å². The lowest BCUT2D eigenvalue weighted by atomic mass is 9.46. The molecule has 0 nitrogen and oxygen atoms in total. The first-order chi connectivity index (χ1) is 6.34. The SMILES string of the molecule is C[C@H]1CC[C@H]2C1C1C[C@]23C1C1C[C@H]13. The van der Waals surface area contributed by atoms with E-state index < -0.39 is 0 Å². The van der Waals surface area contributed by atoms with Crippen LogP contribution in [0.15, 0.2) is 0 Å². The van der Waals surface area contributed by atoms with Crippen molar-refractivity contribution in [2.75, 3.05) is 0 Å². The zero-order valence-electron chi connectivity index (χ0n) is 8.37. The minimum absolute atomic E-state index is 0.991. The van der Waals surface area contributed by atoms with Gasteiger partial charge in [0.25, 0.3) is 0 Å². The van der Waals surface area contributed by atoms with Gasteiger partial charge in [-0.1, -0.05) is 13.3 Å². The summed E-state index contributed by atoms with van der Waals surface area (Å²) in [6, 6.07) is 0. The van der Waals surface area contributed by atoms with E-state index in [9.17, 15) is 0 Å². The molecule has 13 heavy (non-hydrogen) atoms. The van der Waals surface area contributed by atoms with Gasteiger partial charge in [-0.2, -0.15) is 0 Å². The molecule has 0 amide bonds. The fourth-order valence-corrected chi connectivity index (χ4v) is 6.76. The summed E-state index contributed by atoms with van der Waals surface area (Å²) in [5.74, 6) is 8.55. The van der Waals surface area contributed by atoms with Gasteiger partial charge in [0.1, 0.15) is 0 Å². The summed E-state index contributed by atoms with van der Waals surface area (Å²) in [6.07, 6.45) is 6.51. The Morgan fingerprint density at radius 1 is 1.08 bits per heavy atom. The van der Waals surface area contributed by atoms with Crippen LogP contribution in [0.2, 0.25) is 0 Å². The average molecular weight is 174 g/mol. The van der Waals surface area contributed by atoms with Gasteiger partial charge in [0.15, 0.2) is 0 Å². The molecule has 0 aromatic heterocycles. The monoisotopic (exact) mass is 174 g/mol. The molecule has 5 fully saturated rings. The summed E-state index contributed by atoms with van der Waals surface area (Å²) in [5.41, 5.74) is 0.991. The van der Waals surface area contributed by atoms with Gasteiger partial charge in [0.2, 0.25) is 0 Å². The Morgan fingerprint density at radius 2 is 2.00 bits per heavy atom. The predicted octanol–water partition coefficient (Wildman–Crippen LogP) is 2.93. The highest BCUT2D eigenvalue weighted by molar-refractivity contribution is 5.34. The third-order valence-corrected chi connectivity index (χ3v) is 6.90. The largest absolute Gasteiger partial charge is 0.0622 e. The van der Waals surface area contributed by atoms with Crippen LogP contribution in [0.5, 0.6) is 0 Å². The molecule has 4 unspecified atom stereocenters. The molecule has 0 radical (unpaired) electrons. The van der Waals surface area contributed by atoms with Crippen molar-refractivity contribution in [3.8, 4) is 0 Å². The van der Waals surface area contributed by atoms with Gasteiger partial charge in [-0.15, -0.1) is 0 Å². The Kier molecular flexibility index (Phi) is 0.753. The molecule has 0 aromatic carbocycles. The maximum atomic E-state index is 2.53. The lowest BCUT2D eigenvalue weighted by Crippen LogP contribution is -2.54. The van der Waals surface area contributed by atoms with Crippen LogP contribution in [-0.2, 0) is 0 Å².